The summed E-state index contributed by atoms with van der Waals surface area (Å²) in [6, 6.07) is 10.2. The minimum atomic E-state index is -3.67. The molecule has 2 rings (SSSR count). The number of benzene rings is 1. The van der Waals surface area contributed by atoms with E-state index in [1.807, 2.05) is 12.1 Å². The molecule has 2 aromatic rings. The van der Waals surface area contributed by atoms with E-state index in [9.17, 15) is 8.42 Å². The van der Waals surface area contributed by atoms with Crippen LogP contribution in [-0.2, 0) is 23.0 Å². The second-order valence-corrected chi connectivity index (χ2v) is 7.45. The van der Waals surface area contributed by atoms with Crippen LogP contribution >= 0.6 is 24.0 Å². The van der Waals surface area contributed by atoms with Crippen LogP contribution in [0.15, 0.2) is 57.0 Å². The van der Waals surface area contributed by atoms with Crippen molar-refractivity contribution in [1.29, 1.82) is 0 Å². The zero-order valence-corrected chi connectivity index (χ0v) is 18.5. The minimum absolute atomic E-state index is 0. The summed E-state index contributed by atoms with van der Waals surface area (Å²) in [4.78, 5) is 4.66. The van der Waals surface area contributed by atoms with Crippen molar-refractivity contribution < 1.29 is 12.8 Å². The Kier molecular flexibility index (Phi) is 10.4. The molecule has 1 aromatic heterocycles. The first kappa shape index (κ1) is 23.4. The molecule has 0 aliphatic heterocycles. The molecule has 0 amide bonds. The summed E-state index contributed by atoms with van der Waals surface area (Å²) in [6.07, 6.45) is 4.59. The molecule has 150 valence electrons. The van der Waals surface area contributed by atoms with Gasteiger partial charge in [-0.3, -0.25) is 0 Å². The minimum Gasteiger partial charge on any atom is -0.469 e. The molecular weight excluding hydrogens is 479 g/mol. The normalized spacial score (nSPS) is 11.7. The van der Waals surface area contributed by atoms with Gasteiger partial charge < -0.3 is 15.1 Å². The number of halogens is 1. The van der Waals surface area contributed by atoms with Gasteiger partial charge >= 0.3 is 0 Å². The second kappa shape index (κ2) is 12.0. The van der Waals surface area contributed by atoms with Crippen molar-refractivity contribution in [2.75, 3.05) is 13.1 Å². The quantitative estimate of drug-likeness (QED) is 0.210. The summed E-state index contributed by atoms with van der Waals surface area (Å²) >= 11 is 0. The number of nitrogens with zero attached hydrogens (tertiary/aromatic N) is 1. The largest absolute Gasteiger partial charge is 0.469 e. The Bertz CT molecular complexity index is 791. The van der Waals surface area contributed by atoms with Gasteiger partial charge in [0.1, 0.15) is 5.76 Å². The topological polar surface area (TPSA) is 110 Å². The van der Waals surface area contributed by atoms with E-state index in [1.165, 1.54) is 12.1 Å². The number of hydrogen-bond acceptors (Lipinski definition) is 4. The Balaban J connectivity index is 0.00000364. The molecule has 1 heterocycles. The molecule has 0 fully saturated rings. The molecular formula is C18H27IN4O3S. The Morgan fingerprint density at radius 2 is 1.85 bits per heavy atom. The van der Waals surface area contributed by atoms with Crippen LogP contribution < -0.4 is 15.8 Å². The van der Waals surface area contributed by atoms with Crippen LogP contribution in [0.4, 0.5) is 0 Å². The van der Waals surface area contributed by atoms with E-state index in [2.05, 4.69) is 22.5 Å². The Morgan fingerprint density at radius 1 is 1.15 bits per heavy atom. The van der Waals surface area contributed by atoms with Crippen LogP contribution in [0, 0.1) is 0 Å². The summed E-state index contributed by atoms with van der Waals surface area (Å²) in [5, 5.41) is 11.7. The molecule has 27 heavy (non-hydrogen) atoms. The number of unbranched alkanes of at least 4 members (excludes halogenated alkanes) is 1. The number of guanidine groups is 1. The molecule has 0 aliphatic rings. The molecule has 7 nitrogen and oxygen atoms in total. The van der Waals surface area contributed by atoms with Crippen molar-refractivity contribution >= 4 is 40.0 Å². The lowest BCUT2D eigenvalue weighted by molar-refractivity contribution is 0.506. The molecule has 0 saturated carbocycles. The van der Waals surface area contributed by atoms with E-state index in [0.717, 1.165) is 43.1 Å². The first-order chi connectivity index (χ1) is 12.5. The lowest BCUT2D eigenvalue weighted by Gasteiger charge is -2.12. The van der Waals surface area contributed by atoms with Crippen molar-refractivity contribution in [2.24, 2.45) is 10.1 Å². The molecule has 0 atom stereocenters. The third-order valence-corrected chi connectivity index (χ3v) is 4.67. The van der Waals surface area contributed by atoms with Crippen LogP contribution in [0.25, 0.3) is 0 Å². The first-order valence-corrected chi connectivity index (χ1v) is 10.2. The maximum Gasteiger partial charge on any atom is 0.238 e. The fraction of sp³-hybridized carbons (Fsp3) is 0.389. The van der Waals surface area contributed by atoms with Gasteiger partial charge in [0, 0.05) is 19.5 Å². The first-order valence-electron chi connectivity index (χ1n) is 8.65. The van der Waals surface area contributed by atoms with Gasteiger partial charge in [0.15, 0.2) is 5.96 Å². The maximum absolute atomic E-state index is 11.3. The highest BCUT2D eigenvalue weighted by molar-refractivity contribution is 14.0. The molecule has 1 aromatic carbocycles. The third-order valence-electron chi connectivity index (χ3n) is 3.74. The van der Waals surface area contributed by atoms with Gasteiger partial charge in [0.25, 0.3) is 0 Å². The highest BCUT2D eigenvalue weighted by Gasteiger charge is 2.06. The summed E-state index contributed by atoms with van der Waals surface area (Å²) in [7, 11) is -3.67. The molecule has 0 saturated heterocycles. The number of primary sulfonamides is 1. The van der Waals surface area contributed by atoms with Crippen LogP contribution in [0.5, 0.6) is 0 Å². The third kappa shape index (κ3) is 8.76. The number of aliphatic imine (C=N–C) groups is 1. The van der Waals surface area contributed by atoms with Crippen LogP contribution in [0.3, 0.4) is 0 Å². The SMILES string of the molecule is CCCCNC(=NCc1ccc(S(N)(=O)=O)cc1)NCCc1ccco1.I. The molecule has 4 N–H and O–H groups in total. The maximum atomic E-state index is 11.3. The van der Waals surface area contributed by atoms with Gasteiger partial charge in [-0.05, 0) is 36.2 Å². The smallest absolute Gasteiger partial charge is 0.238 e. The average Bonchev–Trinajstić information content (AvgIpc) is 3.12. The number of rotatable bonds is 9. The van der Waals surface area contributed by atoms with Crippen LogP contribution in [0.2, 0.25) is 0 Å². The van der Waals surface area contributed by atoms with Gasteiger partial charge in [0.05, 0.1) is 17.7 Å². The summed E-state index contributed by atoms with van der Waals surface area (Å²) in [6.45, 7) is 4.12. The number of hydrogen-bond donors (Lipinski definition) is 3. The average molecular weight is 506 g/mol. The predicted molar refractivity (Wildman–Crippen MR) is 118 cm³/mol. The number of nitrogens with two attached hydrogens (primary N) is 1. The van der Waals surface area contributed by atoms with Crippen molar-refractivity contribution in [1.82, 2.24) is 10.6 Å². The monoisotopic (exact) mass is 506 g/mol. The zero-order valence-electron chi connectivity index (χ0n) is 15.3. The molecule has 0 unspecified atom stereocenters. The summed E-state index contributed by atoms with van der Waals surface area (Å²) < 4.78 is 27.9. The Morgan fingerprint density at radius 3 is 2.44 bits per heavy atom. The van der Waals surface area contributed by atoms with E-state index in [-0.39, 0.29) is 28.9 Å². The molecule has 9 heteroatoms. The molecule has 0 aliphatic carbocycles. The van der Waals surface area contributed by atoms with Gasteiger partial charge in [-0.1, -0.05) is 25.5 Å². The van der Waals surface area contributed by atoms with E-state index in [4.69, 9.17) is 9.56 Å². The van der Waals surface area contributed by atoms with Crippen LogP contribution in [0.1, 0.15) is 31.1 Å². The summed E-state index contributed by atoms with van der Waals surface area (Å²) in [5.74, 6) is 1.64. The van der Waals surface area contributed by atoms with E-state index in [1.54, 1.807) is 18.4 Å². The van der Waals surface area contributed by atoms with Crippen molar-refractivity contribution in [2.45, 2.75) is 37.6 Å². The predicted octanol–water partition coefficient (Wildman–Crippen LogP) is 2.62. The van der Waals surface area contributed by atoms with Crippen molar-refractivity contribution in [3.8, 4) is 0 Å². The lowest BCUT2D eigenvalue weighted by atomic mass is 10.2. The van der Waals surface area contributed by atoms with Gasteiger partial charge in [-0.2, -0.15) is 0 Å². The second-order valence-electron chi connectivity index (χ2n) is 5.89. The highest BCUT2D eigenvalue weighted by atomic mass is 127. The number of furan rings is 1. The Labute approximate surface area is 177 Å². The van der Waals surface area contributed by atoms with E-state index in [0.29, 0.717) is 13.1 Å². The van der Waals surface area contributed by atoms with E-state index >= 15 is 0 Å². The van der Waals surface area contributed by atoms with Crippen molar-refractivity contribution in [3.63, 3.8) is 0 Å². The lowest BCUT2D eigenvalue weighted by Crippen LogP contribution is -2.38. The summed E-state index contributed by atoms with van der Waals surface area (Å²) in [5.41, 5.74) is 0.903. The van der Waals surface area contributed by atoms with Gasteiger partial charge in [-0.15, -0.1) is 24.0 Å². The number of sulfonamides is 1. The van der Waals surface area contributed by atoms with E-state index < -0.39 is 10.0 Å². The highest BCUT2D eigenvalue weighted by Crippen LogP contribution is 2.09. The Hall–Kier alpha value is -1.59. The zero-order chi connectivity index (χ0) is 18.8. The molecule has 0 spiro atoms. The fourth-order valence-corrected chi connectivity index (χ4v) is 2.79. The van der Waals surface area contributed by atoms with Crippen LogP contribution in [-0.4, -0.2) is 27.5 Å². The molecule has 0 radical (unpaired) electrons. The van der Waals surface area contributed by atoms with Gasteiger partial charge in [-0.25, -0.2) is 18.5 Å². The van der Waals surface area contributed by atoms with Gasteiger partial charge in [0.2, 0.25) is 10.0 Å². The van der Waals surface area contributed by atoms with Crippen molar-refractivity contribution in [3.05, 3.63) is 54.0 Å². The standard InChI is InChI=1S/C18H26N4O3S.HI/c1-2-3-11-20-18(21-12-10-16-5-4-13-25-16)22-14-15-6-8-17(9-7-15)26(19,23)24;/h4-9,13H,2-3,10-12,14H2,1H3,(H2,19,23,24)(H2,20,21,22);1H. The fourth-order valence-electron chi connectivity index (χ4n) is 2.27. The molecule has 0 bridgehead atoms. The number of nitrogens with one attached hydrogen (secondary N) is 2.